The number of carbonyl (C=O) groups is 2. The Hall–Kier alpha value is -7.94. The Bertz CT molecular complexity index is 3260. The van der Waals surface area contributed by atoms with Crippen molar-refractivity contribution in [2.45, 2.75) is 45.8 Å². The monoisotopic (exact) mass is 948 g/mol. The Kier molecular flexibility index (Phi) is 13.8. The summed E-state index contributed by atoms with van der Waals surface area (Å²) in [5, 5.41) is 26.7. The highest BCUT2D eigenvalue weighted by Crippen LogP contribution is 2.37. The minimum Gasteiger partial charge on any atom is -0.399 e. The van der Waals surface area contributed by atoms with Gasteiger partial charge in [0.05, 0.1) is 57.1 Å². The first kappa shape index (κ1) is 48.0. The molecule has 9 rings (SSSR count). The predicted octanol–water partition coefficient (Wildman–Crippen LogP) is 6.98. The number of nitrogens with two attached hydrogens (primary N) is 2. The van der Waals surface area contributed by atoms with Gasteiger partial charge in [-0.3, -0.25) is 19.4 Å². The largest absolute Gasteiger partial charge is 0.496 e. The van der Waals surface area contributed by atoms with E-state index < -0.39 is 7.12 Å². The topological polar surface area (TPSA) is 245 Å². The number of pyridine rings is 6. The number of amides is 2. The van der Waals surface area contributed by atoms with Gasteiger partial charge in [0.2, 0.25) is 0 Å². The Labute approximate surface area is 401 Å². The second kappa shape index (κ2) is 19.5. The summed E-state index contributed by atoms with van der Waals surface area (Å²) >= 11 is 11.7. The zero-order valence-electron chi connectivity index (χ0n) is 37.9. The van der Waals surface area contributed by atoms with Crippen LogP contribution >= 0.6 is 23.2 Å². The number of aromatic nitrogens is 8. The highest BCUT2D eigenvalue weighted by molar-refractivity contribution is 6.62. The van der Waals surface area contributed by atoms with Crippen LogP contribution < -0.4 is 26.7 Å². The highest BCUT2D eigenvalue weighted by atomic mass is 35.5. The molecule has 0 saturated carbocycles. The van der Waals surface area contributed by atoms with Crippen molar-refractivity contribution in [2.75, 3.05) is 35.4 Å². The van der Waals surface area contributed by atoms with E-state index in [0.717, 1.165) is 33.2 Å². The minimum atomic E-state index is -0.452. The van der Waals surface area contributed by atoms with E-state index in [0.29, 0.717) is 50.4 Å². The molecule has 2 amide bonds. The summed E-state index contributed by atoms with van der Waals surface area (Å²) in [6, 6.07) is 20.9. The van der Waals surface area contributed by atoms with E-state index in [-0.39, 0.29) is 28.2 Å². The number of nitrogens with zero attached hydrogens (tertiary/aromatic N) is 12. The molecule has 0 aromatic carbocycles. The van der Waals surface area contributed by atoms with Crippen molar-refractivity contribution >= 4 is 81.6 Å². The second-order valence-electron chi connectivity index (χ2n) is 16.5. The summed E-state index contributed by atoms with van der Waals surface area (Å²) in [6.45, 7) is 9.95. The Balaban J connectivity index is 0.000000157. The van der Waals surface area contributed by atoms with Gasteiger partial charge in [-0.05, 0) is 101 Å². The van der Waals surface area contributed by atoms with E-state index in [2.05, 4.69) is 30.1 Å². The van der Waals surface area contributed by atoms with E-state index in [9.17, 15) is 9.59 Å². The molecule has 0 bridgehead atoms. The van der Waals surface area contributed by atoms with Crippen molar-refractivity contribution in [1.29, 1.82) is 10.5 Å². The number of carbonyl (C=O) groups excluding carboxylic acids is 2. The lowest BCUT2D eigenvalue weighted by atomic mass is 9.80. The number of nitriles is 2. The lowest BCUT2D eigenvalue weighted by Crippen LogP contribution is -2.41. The maximum Gasteiger partial charge on any atom is 0.496 e. The quantitative estimate of drug-likeness (QED) is 0.126. The molecule has 1 aliphatic rings. The van der Waals surface area contributed by atoms with Gasteiger partial charge < -0.3 is 20.8 Å². The second-order valence-corrected chi connectivity index (χ2v) is 17.2. The summed E-state index contributed by atoms with van der Waals surface area (Å²) in [4.78, 5) is 44.8. The predicted molar refractivity (Wildman–Crippen MR) is 261 cm³/mol. The number of rotatable bonds is 6. The van der Waals surface area contributed by atoms with Gasteiger partial charge in [0.25, 0.3) is 11.8 Å². The Morgan fingerprint density at radius 3 is 1.63 bits per heavy atom. The van der Waals surface area contributed by atoms with Crippen LogP contribution in [0.1, 0.15) is 65.1 Å². The normalized spacial score (nSPS) is 13.4. The molecule has 0 unspecified atom stereocenters. The summed E-state index contributed by atoms with van der Waals surface area (Å²) in [5.74, 6) is 0.525. The molecule has 8 aromatic heterocycles. The molecule has 1 saturated heterocycles. The first-order chi connectivity index (χ1) is 32.3. The van der Waals surface area contributed by atoms with E-state index in [1.54, 1.807) is 115 Å². The van der Waals surface area contributed by atoms with Crippen molar-refractivity contribution in [3.8, 4) is 23.3 Å². The van der Waals surface area contributed by atoms with Crippen molar-refractivity contribution < 1.29 is 18.9 Å². The minimum absolute atomic E-state index is 0.166. The van der Waals surface area contributed by atoms with Crippen LogP contribution in [0.25, 0.3) is 22.2 Å². The fourth-order valence-electron chi connectivity index (χ4n) is 6.67. The lowest BCUT2D eigenvalue weighted by molar-refractivity contribution is 0.00578. The van der Waals surface area contributed by atoms with E-state index in [1.807, 2.05) is 52.8 Å². The third-order valence-electron chi connectivity index (χ3n) is 11.4. The van der Waals surface area contributed by atoms with Gasteiger partial charge in [-0.15, -0.1) is 0 Å². The molecule has 18 nitrogen and oxygen atoms in total. The molecule has 0 spiro atoms. The van der Waals surface area contributed by atoms with Gasteiger partial charge in [-0.25, -0.2) is 29.0 Å². The van der Waals surface area contributed by atoms with Gasteiger partial charge in [0.15, 0.2) is 10.3 Å². The van der Waals surface area contributed by atoms with E-state index in [4.69, 9.17) is 54.5 Å². The number of anilines is 4. The maximum atomic E-state index is 13.0. The van der Waals surface area contributed by atoms with Crippen LogP contribution in [0.5, 0.6) is 0 Å². The average Bonchev–Trinajstić information content (AvgIpc) is 4.01. The number of aryl methyl sites for hydroxylation is 1. The molecule has 342 valence electrons. The zero-order chi connectivity index (χ0) is 49.1. The third-order valence-corrected chi connectivity index (χ3v) is 12.0. The Morgan fingerprint density at radius 1 is 0.662 bits per heavy atom. The maximum absolute atomic E-state index is 13.0. The average molecular weight is 950 g/mol. The lowest BCUT2D eigenvalue weighted by Gasteiger charge is -2.32. The van der Waals surface area contributed by atoms with E-state index >= 15 is 0 Å². The fourth-order valence-corrected chi connectivity index (χ4v) is 6.88. The molecule has 1 aliphatic heterocycles. The van der Waals surface area contributed by atoms with Crippen LogP contribution in [0.3, 0.4) is 0 Å². The Morgan fingerprint density at radius 2 is 1.15 bits per heavy atom. The van der Waals surface area contributed by atoms with Gasteiger partial charge in [0.1, 0.15) is 23.8 Å². The molecule has 0 aliphatic carbocycles. The molecule has 8 aromatic rings. The number of hydrogen-bond acceptors (Lipinski definition) is 14. The van der Waals surface area contributed by atoms with Crippen molar-refractivity contribution in [3.63, 3.8) is 0 Å². The summed E-state index contributed by atoms with van der Waals surface area (Å²) in [5.41, 5.74) is 18.5. The van der Waals surface area contributed by atoms with Crippen molar-refractivity contribution in [3.05, 3.63) is 148 Å². The van der Waals surface area contributed by atoms with Gasteiger partial charge >= 0.3 is 7.12 Å². The van der Waals surface area contributed by atoms with Crippen LogP contribution in [-0.2, 0) is 9.31 Å². The smallest absolute Gasteiger partial charge is 0.399 e. The van der Waals surface area contributed by atoms with Crippen molar-refractivity contribution in [1.82, 2.24) is 39.2 Å². The van der Waals surface area contributed by atoms with Gasteiger partial charge in [-0.1, -0.05) is 23.2 Å². The SMILES string of the molecule is CC1(C)OB(c2cnc(Cl)c(N)c2)OC1(C)C.CN(C(=O)c1ccn2ncc(-c3cnc(Cl)c(N)c3)c2c1)c1ccc(C#N)cn1.Cc1cnn2ccc(C(=O)N(C)c3ccc(C#N)cn3)cc12. The standard InChI is InChI=1S/C20H14ClN7O.C16H13N5O.C11H16BClN2O2/c1-27(18-3-2-12(8-22)9-24-18)20(29)13-4-5-28-17(7-13)15(11-26-28)14-6-16(23)19(21)25-10-14;1-11-9-19-21-6-5-13(7-14(11)21)16(22)20(2)15-4-3-12(8-17)10-18-15;1-10(2)11(3,4)17-12(16-10)7-5-8(14)9(13)15-6-7/h2-7,9-11H,23H2,1H3;3-7,9-10H,1-2H3;5-6H,14H2,1-4H3. The summed E-state index contributed by atoms with van der Waals surface area (Å²) in [6.07, 6.45) is 13.0. The highest BCUT2D eigenvalue weighted by Gasteiger charge is 2.52. The summed E-state index contributed by atoms with van der Waals surface area (Å²) < 4.78 is 15.2. The molecule has 9 heterocycles. The fraction of sp³-hybridized carbons (Fsp3) is 0.191. The zero-order valence-corrected chi connectivity index (χ0v) is 39.4. The van der Waals surface area contributed by atoms with Crippen LogP contribution in [0.15, 0.2) is 110 Å². The number of hydrogen-bond donors (Lipinski definition) is 2. The molecule has 21 heteroatoms. The van der Waals surface area contributed by atoms with Crippen LogP contribution in [0.2, 0.25) is 10.3 Å². The number of nitrogen functional groups attached to an aromatic ring is 2. The van der Waals surface area contributed by atoms with Gasteiger partial charge in [0, 0.05) is 79.0 Å². The first-order valence-corrected chi connectivity index (χ1v) is 21.4. The van der Waals surface area contributed by atoms with Crippen LogP contribution in [0, 0.1) is 29.6 Å². The first-order valence-electron chi connectivity index (χ1n) is 20.7. The van der Waals surface area contributed by atoms with E-state index in [1.165, 1.54) is 22.2 Å². The third kappa shape index (κ3) is 10.1. The molecular formula is C47H43BCl2N14O4. The molecule has 1 fully saturated rings. The van der Waals surface area contributed by atoms with Gasteiger partial charge in [-0.2, -0.15) is 20.7 Å². The number of halogens is 2. The number of fused-ring (bicyclic) bond motifs is 2. The molecule has 0 atom stereocenters. The molecule has 0 radical (unpaired) electrons. The summed E-state index contributed by atoms with van der Waals surface area (Å²) in [7, 11) is 2.83. The van der Waals surface area contributed by atoms with Crippen LogP contribution in [0.4, 0.5) is 23.0 Å². The van der Waals surface area contributed by atoms with Crippen LogP contribution in [-0.4, -0.2) is 83.4 Å². The van der Waals surface area contributed by atoms with Crippen molar-refractivity contribution in [2.24, 2.45) is 0 Å². The molecule has 68 heavy (non-hydrogen) atoms. The molecular weight excluding hydrogens is 906 g/mol. The molecule has 4 N–H and O–H groups in total.